The van der Waals surface area contributed by atoms with Gasteiger partial charge in [-0.15, -0.1) is 0 Å². The number of pyridine rings is 1. The Kier molecular flexibility index (Phi) is 8.14. The number of carbonyl (C=O) groups is 2. The summed E-state index contributed by atoms with van der Waals surface area (Å²) in [5, 5.41) is 3.83. The van der Waals surface area contributed by atoms with Crippen LogP contribution in [0.1, 0.15) is 76.2 Å². The minimum atomic E-state index is -0.634. The molecule has 2 heterocycles. The van der Waals surface area contributed by atoms with Crippen LogP contribution in [0.3, 0.4) is 0 Å². The van der Waals surface area contributed by atoms with E-state index >= 15 is 0 Å². The molecule has 45 heavy (non-hydrogen) atoms. The van der Waals surface area contributed by atoms with Crippen molar-refractivity contribution in [3.05, 3.63) is 118 Å². The van der Waals surface area contributed by atoms with Gasteiger partial charge in [0, 0.05) is 17.1 Å². The van der Waals surface area contributed by atoms with Crippen molar-refractivity contribution in [1.29, 1.82) is 0 Å². The van der Waals surface area contributed by atoms with Crippen LogP contribution in [0.4, 0.5) is 4.39 Å². The van der Waals surface area contributed by atoms with Gasteiger partial charge < -0.3 is 20.2 Å². The second-order valence-corrected chi connectivity index (χ2v) is 12.2. The van der Waals surface area contributed by atoms with Gasteiger partial charge in [-0.1, -0.05) is 26.0 Å². The Bertz CT molecular complexity index is 1880. The number of benzene rings is 3. The standard InChI is InChI=1S/C37H36FN3O4/c1-22(2)13-17-44-31-18-23(3)26(21-29(31)36(43)41-37(14-15-37)32-6-4-5-16-40-32)19-24-7-12-30-28(20-24)33(35(39)42)34(45-30)25-8-10-27(38)11-9-25/h4-12,16,18,20-22H,13-15,17,19H2,1-3H3,(H2,39,42)(H,41,43). The first-order chi connectivity index (χ1) is 21.6. The fourth-order valence-corrected chi connectivity index (χ4v) is 5.64. The van der Waals surface area contributed by atoms with Gasteiger partial charge in [0.1, 0.15) is 22.9 Å². The summed E-state index contributed by atoms with van der Waals surface area (Å²) in [5.74, 6) is 0.0928. The number of hydrogen-bond donors (Lipinski definition) is 2. The molecule has 2 aromatic heterocycles. The van der Waals surface area contributed by atoms with E-state index in [2.05, 4.69) is 24.1 Å². The molecule has 3 aromatic carbocycles. The molecule has 0 bridgehead atoms. The number of rotatable bonds is 11. The molecular formula is C37H36FN3O4. The van der Waals surface area contributed by atoms with Crippen LogP contribution in [-0.2, 0) is 12.0 Å². The minimum absolute atomic E-state index is 0.204. The Balaban J connectivity index is 1.34. The molecule has 0 spiro atoms. The molecule has 0 unspecified atom stereocenters. The van der Waals surface area contributed by atoms with Crippen LogP contribution in [0.25, 0.3) is 22.3 Å². The van der Waals surface area contributed by atoms with E-state index < -0.39 is 11.4 Å². The molecule has 7 nitrogen and oxygen atoms in total. The molecule has 0 aliphatic heterocycles. The lowest BCUT2D eigenvalue weighted by molar-refractivity contribution is 0.0924. The summed E-state index contributed by atoms with van der Waals surface area (Å²) in [4.78, 5) is 31.0. The summed E-state index contributed by atoms with van der Waals surface area (Å²) in [6.45, 7) is 6.78. The van der Waals surface area contributed by atoms with Crippen molar-refractivity contribution in [1.82, 2.24) is 10.3 Å². The number of fused-ring (bicyclic) bond motifs is 1. The summed E-state index contributed by atoms with van der Waals surface area (Å²) in [5.41, 5.74) is 10.8. The summed E-state index contributed by atoms with van der Waals surface area (Å²) in [7, 11) is 0. The fourth-order valence-electron chi connectivity index (χ4n) is 5.64. The summed E-state index contributed by atoms with van der Waals surface area (Å²) in [6, 6.07) is 20.9. The van der Waals surface area contributed by atoms with E-state index in [0.29, 0.717) is 52.6 Å². The Morgan fingerprint density at radius 2 is 1.84 bits per heavy atom. The van der Waals surface area contributed by atoms with Crippen molar-refractivity contribution in [2.24, 2.45) is 11.7 Å². The molecule has 1 aliphatic rings. The van der Waals surface area contributed by atoms with Crippen molar-refractivity contribution >= 4 is 22.8 Å². The van der Waals surface area contributed by atoms with E-state index in [4.69, 9.17) is 14.9 Å². The number of carbonyl (C=O) groups excluding carboxylic acids is 2. The third-order valence-corrected chi connectivity index (χ3v) is 8.39. The maximum Gasteiger partial charge on any atom is 0.255 e. The predicted octanol–water partition coefficient (Wildman–Crippen LogP) is 7.48. The van der Waals surface area contributed by atoms with E-state index in [1.165, 1.54) is 12.1 Å². The van der Waals surface area contributed by atoms with Crippen molar-refractivity contribution in [3.63, 3.8) is 0 Å². The van der Waals surface area contributed by atoms with Crippen LogP contribution in [0.2, 0.25) is 0 Å². The highest BCUT2D eigenvalue weighted by molar-refractivity contribution is 6.10. The first kappa shape index (κ1) is 30.1. The number of aromatic nitrogens is 1. The van der Waals surface area contributed by atoms with E-state index in [1.54, 1.807) is 24.4 Å². The van der Waals surface area contributed by atoms with E-state index in [-0.39, 0.29) is 17.3 Å². The molecule has 2 amide bonds. The highest BCUT2D eigenvalue weighted by Gasteiger charge is 2.47. The number of primary amides is 1. The third-order valence-electron chi connectivity index (χ3n) is 8.39. The molecule has 6 rings (SSSR count). The zero-order valence-corrected chi connectivity index (χ0v) is 25.7. The number of hydrogen-bond acceptors (Lipinski definition) is 5. The third kappa shape index (κ3) is 6.32. The smallest absolute Gasteiger partial charge is 0.255 e. The van der Waals surface area contributed by atoms with Crippen molar-refractivity contribution in [2.75, 3.05) is 6.61 Å². The number of nitrogens with two attached hydrogens (primary N) is 1. The van der Waals surface area contributed by atoms with Crippen molar-refractivity contribution in [2.45, 2.75) is 52.0 Å². The average molecular weight is 606 g/mol. The quantitative estimate of drug-likeness (QED) is 0.162. The van der Waals surface area contributed by atoms with Gasteiger partial charge >= 0.3 is 0 Å². The number of aryl methyl sites for hydroxylation is 1. The molecule has 8 heteroatoms. The highest BCUT2D eigenvalue weighted by Crippen LogP contribution is 2.45. The topological polar surface area (TPSA) is 107 Å². The second kappa shape index (κ2) is 12.2. The lowest BCUT2D eigenvalue weighted by Gasteiger charge is -2.20. The Labute approximate surface area is 261 Å². The number of furan rings is 1. The summed E-state index contributed by atoms with van der Waals surface area (Å²) in [6.07, 6.45) is 4.76. The maximum absolute atomic E-state index is 13.9. The lowest BCUT2D eigenvalue weighted by atomic mass is 9.95. The zero-order valence-electron chi connectivity index (χ0n) is 25.7. The summed E-state index contributed by atoms with van der Waals surface area (Å²) < 4.78 is 25.8. The number of halogens is 1. The predicted molar refractivity (Wildman–Crippen MR) is 172 cm³/mol. The molecule has 0 radical (unpaired) electrons. The fraction of sp³-hybridized carbons (Fsp3) is 0.270. The first-order valence-corrected chi connectivity index (χ1v) is 15.2. The van der Waals surface area contributed by atoms with Gasteiger partial charge in [0.2, 0.25) is 0 Å². The van der Waals surface area contributed by atoms with Gasteiger partial charge in [0.15, 0.2) is 0 Å². The number of ether oxygens (including phenoxy) is 1. The second-order valence-electron chi connectivity index (χ2n) is 12.2. The number of nitrogens with zero attached hydrogens (tertiary/aromatic N) is 1. The molecule has 5 aromatic rings. The monoisotopic (exact) mass is 605 g/mol. The Hall–Kier alpha value is -4.98. The SMILES string of the molecule is Cc1cc(OCCC(C)C)c(C(=O)NC2(c3ccccn3)CC2)cc1Cc1ccc2oc(-c3ccc(F)cc3)c(C(N)=O)c2c1. The highest BCUT2D eigenvalue weighted by atomic mass is 19.1. The van der Waals surface area contributed by atoms with Gasteiger partial charge in [-0.25, -0.2) is 4.39 Å². The van der Waals surface area contributed by atoms with E-state index in [0.717, 1.165) is 41.6 Å². The maximum atomic E-state index is 13.9. The zero-order chi connectivity index (χ0) is 31.7. The van der Waals surface area contributed by atoms with Gasteiger partial charge in [-0.2, -0.15) is 0 Å². The van der Waals surface area contributed by atoms with Crippen LogP contribution in [0, 0.1) is 18.7 Å². The molecule has 0 atom stereocenters. The summed E-state index contributed by atoms with van der Waals surface area (Å²) >= 11 is 0. The normalized spacial score (nSPS) is 13.6. The van der Waals surface area contributed by atoms with Crippen LogP contribution in [-0.4, -0.2) is 23.4 Å². The minimum Gasteiger partial charge on any atom is -0.493 e. The van der Waals surface area contributed by atoms with E-state index in [1.807, 2.05) is 49.4 Å². The van der Waals surface area contributed by atoms with Crippen LogP contribution >= 0.6 is 0 Å². The van der Waals surface area contributed by atoms with Gasteiger partial charge in [-0.3, -0.25) is 14.6 Å². The number of amides is 2. The van der Waals surface area contributed by atoms with Gasteiger partial charge in [-0.05, 0) is 116 Å². The Morgan fingerprint density at radius 1 is 1.07 bits per heavy atom. The molecule has 3 N–H and O–H groups in total. The molecular weight excluding hydrogens is 569 g/mol. The average Bonchev–Trinajstić information content (AvgIpc) is 3.69. The van der Waals surface area contributed by atoms with Crippen LogP contribution in [0.5, 0.6) is 5.75 Å². The molecule has 1 aliphatic carbocycles. The van der Waals surface area contributed by atoms with Crippen LogP contribution < -0.4 is 15.8 Å². The number of nitrogens with one attached hydrogen (secondary N) is 1. The largest absolute Gasteiger partial charge is 0.493 e. The first-order valence-electron chi connectivity index (χ1n) is 15.2. The van der Waals surface area contributed by atoms with Gasteiger partial charge in [0.05, 0.1) is 29.0 Å². The molecule has 230 valence electrons. The Morgan fingerprint density at radius 3 is 2.51 bits per heavy atom. The van der Waals surface area contributed by atoms with Crippen molar-refractivity contribution in [3.8, 4) is 17.1 Å². The lowest BCUT2D eigenvalue weighted by Crippen LogP contribution is -2.35. The van der Waals surface area contributed by atoms with E-state index in [9.17, 15) is 14.0 Å². The van der Waals surface area contributed by atoms with Crippen molar-refractivity contribution < 1.29 is 23.1 Å². The molecule has 1 fully saturated rings. The molecule has 0 saturated heterocycles. The van der Waals surface area contributed by atoms with Crippen LogP contribution in [0.15, 0.2) is 83.4 Å². The molecule has 1 saturated carbocycles. The van der Waals surface area contributed by atoms with Gasteiger partial charge in [0.25, 0.3) is 11.8 Å².